The van der Waals surface area contributed by atoms with E-state index in [2.05, 4.69) is 10.6 Å². The van der Waals surface area contributed by atoms with Gasteiger partial charge < -0.3 is 20.3 Å². The maximum Gasteiger partial charge on any atom is 0.410 e. The Labute approximate surface area is 164 Å². The molecule has 2 rings (SSSR count). The standard InChI is InChI=1S/C19H28N4O5/c1-13-11-22(18(25)28-19(2,3)4)12-14(13)17(24)21-10-9-20-15-7-5-6-8-16(15)23(26)27/h5-8,13-14,20H,9-12H2,1-4H3,(H,21,24)/t13-,14-/m0/s1. The van der Waals surface area contributed by atoms with Gasteiger partial charge in [0.2, 0.25) is 5.91 Å². The van der Waals surface area contributed by atoms with Crippen molar-refractivity contribution >= 4 is 23.4 Å². The van der Waals surface area contributed by atoms with Crippen LogP contribution in [0, 0.1) is 22.0 Å². The van der Waals surface area contributed by atoms with Gasteiger partial charge in [-0.3, -0.25) is 14.9 Å². The first-order valence-corrected chi connectivity index (χ1v) is 9.31. The summed E-state index contributed by atoms with van der Waals surface area (Å²) in [6.45, 7) is 8.81. The maximum absolute atomic E-state index is 12.5. The Hall–Kier alpha value is -2.84. The number of carbonyl (C=O) groups excluding carboxylic acids is 2. The van der Waals surface area contributed by atoms with Crippen molar-refractivity contribution in [1.29, 1.82) is 0 Å². The van der Waals surface area contributed by atoms with E-state index in [9.17, 15) is 19.7 Å². The number of amides is 2. The lowest BCUT2D eigenvalue weighted by atomic mass is 9.97. The van der Waals surface area contributed by atoms with E-state index >= 15 is 0 Å². The summed E-state index contributed by atoms with van der Waals surface area (Å²) in [5.41, 5.74) is -0.176. The second-order valence-electron chi connectivity index (χ2n) is 7.96. The Kier molecular flexibility index (Phi) is 6.82. The molecule has 1 saturated heterocycles. The van der Waals surface area contributed by atoms with Gasteiger partial charge in [-0.05, 0) is 32.8 Å². The molecular formula is C19H28N4O5. The SMILES string of the molecule is C[C@H]1CN(C(=O)OC(C)(C)C)C[C@@H]1C(=O)NCCNc1ccccc1[N+](=O)[O-]. The summed E-state index contributed by atoms with van der Waals surface area (Å²) >= 11 is 0. The molecule has 1 heterocycles. The normalized spacial score (nSPS) is 19.2. The molecule has 2 amide bonds. The molecule has 0 aromatic heterocycles. The van der Waals surface area contributed by atoms with E-state index in [0.717, 1.165) is 0 Å². The number of nitrogens with zero attached hydrogens (tertiary/aromatic N) is 2. The van der Waals surface area contributed by atoms with Gasteiger partial charge in [-0.2, -0.15) is 0 Å². The van der Waals surface area contributed by atoms with Crippen molar-refractivity contribution in [2.75, 3.05) is 31.5 Å². The minimum absolute atomic E-state index is 0.00811. The first-order chi connectivity index (χ1) is 13.1. The number of carbonyl (C=O) groups is 2. The van der Waals surface area contributed by atoms with Crippen molar-refractivity contribution in [2.24, 2.45) is 11.8 Å². The zero-order valence-corrected chi connectivity index (χ0v) is 16.7. The van der Waals surface area contributed by atoms with Gasteiger partial charge in [0, 0.05) is 32.2 Å². The average Bonchev–Trinajstić information content (AvgIpc) is 2.99. The van der Waals surface area contributed by atoms with E-state index in [1.54, 1.807) is 43.9 Å². The fourth-order valence-corrected chi connectivity index (χ4v) is 3.08. The molecule has 9 nitrogen and oxygen atoms in total. The number of anilines is 1. The number of nitro groups is 1. The van der Waals surface area contributed by atoms with E-state index in [-0.39, 0.29) is 23.4 Å². The molecule has 1 aromatic carbocycles. The van der Waals surface area contributed by atoms with Crippen LogP contribution in [-0.4, -0.2) is 53.6 Å². The third-order valence-electron chi connectivity index (χ3n) is 4.44. The molecule has 0 radical (unpaired) electrons. The van der Waals surface area contributed by atoms with Gasteiger partial charge in [-0.1, -0.05) is 19.1 Å². The van der Waals surface area contributed by atoms with Gasteiger partial charge in [0.1, 0.15) is 11.3 Å². The van der Waals surface area contributed by atoms with Crippen LogP contribution in [0.1, 0.15) is 27.7 Å². The quantitative estimate of drug-likeness (QED) is 0.437. The number of para-hydroxylation sites is 2. The van der Waals surface area contributed by atoms with Gasteiger partial charge in [0.25, 0.3) is 5.69 Å². The highest BCUT2D eigenvalue weighted by atomic mass is 16.6. The van der Waals surface area contributed by atoms with Crippen molar-refractivity contribution < 1.29 is 19.2 Å². The lowest BCUT2D eigenvalue weighted by Crippen LogP contribution is -2.38. The fourth-order valence-electron chi connectivity index (χ4n) is 3.08. The number of benzene rings is 1. The van der Waals surface area contributed by atoms with Crippen LogP contribution in [0.2, 0.25) is 0 Å². The molecule has 0 unspecified atom stereocenters. The fraction of sp³-hybridized carbons (Fsp3) is 0.579. The number of rotatable bonds is 6. The summed E-state index contributed by atoms with van der Waals surface area (Å²) in [6, 6.07) is 6.35. The van der Waals surface area contributed by atoms with Crippen LogP contribution in [0.4, 0.5) is 16.2 Å². The van der Waals surface area contributed by atoms with Crippen LogP contribution in [0.25, 0.3) is 0 Å². The Morgan fingerprint density at radius 2 is 1.93 bits per heavy atom. The summed E-state index contributed by atoms with van der Waals surface area (Å²) in [7, 11) is 0. The number of likely N-dealkylation sites (tertiary alicyclic amines) is 1. The lowest BCUT2D eigenvalue weighted by molar-refractivity contribution is -0.384. The van der Waals surface area contributed by atoms with E-state index < -0.39 is 16.6 Å². The highest BCUT2D eigenvalue weighted by Gasteiger charge is 2.38. The first-order valence-electron chi connectivity index (χ1n) is 9.31. The third-order valence-corrected chi connectivity index (χ3v) is 4.44. The number of hydrogen-bond donors (Lipinski definition) is 2. The van der Waals surface area contributed by atoms with Gasteiger partial charge in [-0.15, -0.1) is 0 Å². The minimum atomic E-state index is -0.577. The van der Waals surface area contributed by atoms with Crippen LogP contribution >= 0.6 is 0 Å². The highest BCUT2D eigenvalue weighted by molar-refractivity contribution is 5.81. The number of nitro benzene ring substituents is 1. The molecule has 2 atom stereocenters. The zero-order valence-electron chi connectivity index (χ0n) is 16.7. The molecule has 0 bridgehead atoms. The summed E-state index contributed by atoms with van der Waals surface area (Å²) in [5, 5.41) is 16.8. The predicted molar refractivity (Wildman–Crippen MR) is 105 cm³/mol. The van der Waals surface area contributed by atoms with E-state index in [4.69, 9.17) is 4.74 Å². The van der Waals surface area contributed by atoms with Gasteiger partial charge in [-0.25, -0.2) is 4.79 Å². The molecule has 154 valence electrons. The summed E-state index contributed by atoms with van der Waals surface area (Å²) in [4.78, 5) is 36.8. The molecule has 1 aromatic rings. The maximum atomic E-state index is 12.5. The molecule has 2 N–H and O–H groups in total. The Morgan fingerprint density at radius 3 is 2.57 bits per heavy atom. The van der Waals surface area contributed by atoms with E-state index in [1.807, 2.05) is 6.92 Å². The van der Waals surface area contributed by atoms with Crippen molar-refractivity contribution in [1.82, 2.24) is 10.2 Å². The third kappa shape index (κ3) is 5.83. The molecule has 0 saturated carbocycles. The molecule has 1 aliphatic rings. The molecule has 9 heteroatoms. The van der Waals surface area contributed by atoms with Crippen LogP contribution in [0.5, 0.6) is 0 Å². The van der Waals surface area contributed by atoms with Crippen LogP contribution < -0.4 is 10.6 Å². The van der Waals surface area contributed by atoms with Gasteiger partial charge in [0.05, 0.1) is 10.8 Å². The molecule has 0 spiro atoms. The van der Waals surface area contributed by atoms with Crippen LogP contribution in [0.15, 0.2) is 24.3 Å². The largest absolute Gasteiger partial charge is 0.444 e. The average molecular weight is 392 g/mol. The summed E-state index contributed by atoms with van der Waals surface area (Å²) in [6.07, 6.45) is -0.410. The first kappa shape index (κ1) is 21.5. The second kappa shape index (κ2) is 8.90. The topological polar surface area (TPSA) is 114 Å². The zero-order chi connectivity index (χ0) is 20.9. The highest BCUT2D eigenvalue weighted by Crippen LogP contribution is 2.25. The Balaban J connectivity index is 1.80. The van der Waals surface area contributed by atoms with Gasteiger partial charge in [0.15, 0.2) is 0 Å². The number of hydrogen-bond acceptors (Lipinski definition) is 6. The molecule has 1 aliphatic heterocycles. The Morgan fingerprint density at radius 1 is 1.25 bits per heavy atom. The van der Waals surface area contributed by atoms with Crippen LogP contribution in [0.3, 0.4) is 0 Å². The van der Waals surface area contributed by atoms with Crippen molar-refractivity contribution in [2.45, 2.75) is 33.3 Å². The number of ether oxygens (including phenoxy) is 1. The predicted octanol–water partition coefficient (Wildman–Crippen LogP) is 2.63. The Bertz CT molecular complexity index is 731. The van der Waals surface area contributed by atoms with E-state index in [1.165, 1.54) is 6.07 Å². The van der Waals surface area contributed by atoms with Crippen molar-refractivity contribution in [3.05, 3.63) is 34.4 Å². The molecule has 0 aliphatic carbocycles. The summed E-state index contributed by atoms with van der Waals surface area (Å²) in [5.74, 6) is -0.419. The minimum Gasteiger partial charge on any atom is -0.444 e. The van der Waals surface area contributed by atoms with Gasteiger partial charge >= 0.3 is 6.09 Å². The number of nitrogens with one attached hydrogen (secondary N) is 2. The molecular weight excluding hydrogens is 364 g/mol. The lowest BCUT2D eigenvalue weighted by Gasteiger charge is -2.24. The smallest absolute Gasteiger partial charge is 0.410 e. The monoisotopic (exact) mass is 392 g/mol. The molecule has 1 fully saturated rings. The second-order valence-corrected chi connectivity index (χ2v) is 7.96. The van der Waals surface area contributed by atoms with Crippen molar-refractivity contribution in [3.8, 4) is 0 Å². The van der Waals surface area contributed by atoms with Crippen LogP contribution in [-0.2, 0) is 9.53 Å². The molecule has 28 heavy (non-hydrogen) atoms. The van der Waals surface area contributed by atoms with E-state index in [0.29, 0.717) is 31.9 Å². The summed E-state index contributed by atoms with van der Waals surface area (Å²) < 4.78 is 5.37. The van der Waals surface area contributed by atoms with Crippen molar-refractivity contribution in [3.63, 3.8) is 0 Å².